The fraction of sp³-hybridized carbons (Fsp3) is 0.350. The molecular weight excluding hydrogens is 334 g/mol. The smallest absolute Gasteiger partial charge is 0.255 e. The minimum absolute atomic E-state index is 0.172. The van der Waals surface area contributed by atoms with E-state index in [0.29, 0.717) is 5.25 Å². The highest BCUT2D eigenvalue weighted by Crippen LogP contribution is 2.36. The topological polar surface area (TPSA) is 20.3 Å². The highest BCUT2D eigenvalue weighted by atomic mass is 32.2. The minimum Gasteiger partial charge on any atom is -0.338 e. The number of benzene rings is 2. The van der Waals surface area contributed by atoms with Gasteiger partial charge < -0.3 is 4.90 Å². The van der Waals surface area contributed by atoms with E-state index in [2.05, 4.69) is 31.2 Å². The molecule has 1 aliphatic rings. The third-order valence-electron chi connectivity index (χ3n) is 4.50. The number of carbonyl (C=O) groups is 1. The van der Waals surface area contributed by atoms with E-state index in [1.807, 2.05) is 47.2 Å². The molecular formula is C20H23NOS2. The lowest BCUT2D eigenvalue weighted by Crippen LogP contribution is -2.33. The number of aryl methyl sites for hydroxylation is 1. The molecule has 0 N–H and O–H groups in total. The minimum atomic E-state index is 0.172. The predicted octanol–water partition coefficient (Wildman–Crippen LogP) is 5.04. The molecule has 1 aliphatic heterocycles. The summed E-state index contributed by atoms with van der Waals surface area (Å²) in [7, 11) is 0. The summed E-state index contributed by atoms with van der Waals surface area (Å²) in [6.07, 6.45) is 3.04. The van der Waals surface area contributed by atoms with Gasteiger partial charge in [-0.05, 0) is 42.9 Å². The number of carbonyl (C=O) groups excluding carboxylic acids is 1. The standard InChI is InChI=1S/C20H23NOS2/c1-15-7-3-4-8-16(15)19-11-12-21(13-14-24-19)20(22)17-9-5-6-10-18(17)23-2/h3-10,19H,11-14H2,1-2H3. The quantitative estimate of drug-likeness (QED) is 0.718. The second kappa shape index (κ2) is 8.13. The number of thioether (sulfide) groups is 2. The molecule has 0 aromatic heterocycles. The number of nitrogens with zero attached hydrogens (tertiary/aromatic N) is 1. The Morgan fingerprint density at radius 1 is 1.12 bits per heavy atom. The normalized spacial score (nSPS) is 18.2. The third-order valence-corrected chi connectivity index (χ3v) is 6.61. The van der Waals surface area contributed by atoms with Crippen molar-refractivity contribution in [3.8, 4) is 0 Å². The van der Waals surface area contributed by atoms with Gasteiger partial charge in [0.1, 0.15) is 0 Å². The lowest BCUT2D eigenvalue weighted by atomic mass is 10.0. The van der Waals surface area contributed by atoms with E-state index >= 15 is 0 Å². The fourth-order valence-corrected chi connectivity index (χ4v) is 5.08. The molecule has 126 valence electrons. The Bertz CT molecular complexity index is 716. The Labute approximate surface area is 153 Å². The van der Waals surface area contributed by atoms with Crippen LogP contribution in [0.3, 0.4) is 0 Å². The molecule has 0 aliphatic carbocycles. The average molecular weight is 358 g/mol. The number of hydrogen-bond donors (Lipinski definition) is 0. The van der Waals surface area contributed by atoms with Crippen molar-refractivity contribution < 1.29 is 4.79 Å². The SMILES string of the molecule is CSc1ccccc1C(=O)N1CCSC(c2ccccc2C)CC1. The van der Waals surface area contributed by atoms with E-state index in [-0.39, 0.29) is 5.91 Å². The monoisotopic (exact) mass is 357 g/mol. The van der Waals surface area contributed by atoms with E-state index < -0.39 is 0 Å². The van der Waals surface area contributed by atoms with E-state index in [0.717, 1.165) is 35.7 Å². The first kappa shape index (κ1) is 17.4. The van der Waals surface area contributed by atoms with Crippen LogP contribution in [0.5, 0.6) is 0 Å². The van der Waals surface area contributed by atoms with Crippen LogP contribution in [0, 0.1) is 6.92 Å². The molecule has 1 saturated heterocycles. The van der Waals surface area contributed by atoms with E-state index in [9.17, 15) is 4.79 Å². The Morgan fingerprint density at radius 2 is 1.88 bits per heavy atom. The zero-order valence-corrected chi connectivity index (χ0v) is 15.8. The highest BCUT2D eigenvalue weighted by Gasteiger charge is 2.24. The third kappa shape index (κ3) is 3.81. The largest absolute Gasteiger partial charge is 0.338 e. The molecule has 0 saturated carbocycles. The maximum Gasteiger partial charge on any atom is 0.255 e. The lowest BCUT2D eigenvalue weighted by molar-refractivity contribution is 0.0763. The van der Waals surface area contributed by atoms with Gasteiger partial charge in [-0.25, -0.2) is 0 Å². The zero-order valence-electron chi connectivity index (χ0n) is 14.2. The predicted molar refractivity (Wildman–Crippen MR) is 105 cm³/mol. The first-order valence-corrected chi connectivity index (χ1v) is 10.6. The van der Waals surface area contributed by atoms with Crippen molar-refractivity contribution in [1.29, 1.82) is 0 Å². The Kier molecular flexibility index (Phi) is 5.90. The molecule has 2 aromatic carbocycles. The maximum absolute atomic E-state index is 12.9. The summed E-state index contributed by atoms with van der Waals surface area (Å²) in [5.41, 5.74) is 3.60. The summed E-state index contributed by atoms with van der Waals surface area (Å²) in [5.74, 6) is 1.16. The molecule has 2 nitrogen and oxygen atoms in total. The van der Waals surface area contributed by atoms with Crippen LogP contribution in [-0.2, 0) is 0 Å². The summed E-state index contributed by atoms with van der Waals surface area (Å²) in [5, 5.41) is 0.486. The van der Waals surface area contributed by atoms with Crippen molar-refractivity contribution in [3.63, 3.8) is 0 Å². The summed E-state index contributed by atoms with van der Waals surface area (Å²) >= 11 is 3.62. The Hall–Kier alpha value is -1.39. The van der Waals surface area contributed by atoms with E-state index in [4.69, 9.17) is 0 Å². The lowest BCUT2D eigenvalue weighted by Gasteiger charge is -2.21. The van der Waals surface area contributed by atoms with E-state index in [1.165, 1.54) is 11.1 Å². The maximum atomic E-state index is 12.9. The molecule has 0 spiro atoms. The van der Waals surface area contributed by atoms with Gasteiger partial charge in [-0.1, -0.05) is 36.4 Å². The van der Waals surface area contributed by atoms with Gasteiger partial charge in [0.05, 0.1) is 5.56 Å². The van der Waals surface area contributed by atoms with Crippen LogP contribution in [0.4, 0.5) is 0 Å². The Balaban J connectivity index is 1.74. The highest BCUT2D eigenvalue weighted by molar-refractivity contribution is 7.99. The summed E-state index contributed by atoms with van der Waals surface area (Å²) in [4.78, 5) is 16.0. The first-order chi connectivity index (χ1) is 11.7. The van der Waals surface area contributed by atoms with Gasteiger partial charge in [0.2, 0.25) is 0 Å². The van der Waals surface area contributed by atoms with Gasteiger partial charge in [0.15, 0.2) is 0 Å². The van der Waals surface area contributed by atoms with Gasteiger partial charge >= 0.3 is 0 Å². The van der Waals surface area contributed by atoms with Crippen LogP contribution < -0.4 is 0 Å². The summed E-state index contributed by atoms with van der Waals surface area (Å²) in [6.45, 7) is 3.83. The molecule has 1 heterocycles. The molecule has 1 atom stereocenters. The molecule has 0 radical (unpaired) electrons. The van der Waals surface area contributed by atoms with Crippen molar-refractivity contribution in [1.82, 2.24) is 4.90 Å². The molecule has 1 fully saturated rings. The number of rotatable bonds is 3. The van der Waals surface area contributed by atoms with Gasteiger partial charge in [-0.2, -0.15) is 11.8 Å². The van der Waals surface area contributed by atoms with E-state index in [1.54, 1.807) is 11.8 Å². The first-order valence-electron chi connectivity index (χ1n) is 8.30. The van der Waals surface area contributed by atoms with Crippen LogP contribution >= 0.6 is 23.5 Å². The van der Waals surface area contributed by atoms with Crippen LogP contribution in [0.2, 0.25) is 0 Å². The molecule has 1 amide bonds. The van der Waals surface area contributed by atoms with Crippen molar-refractivity contribution in [3.05, 3.63) is 65.2 Å². The Morgan fingerprint density at radius 3 is 2.67 bits per heavy atom. The fourth-order valence-electron chi connectivity index (χ4n) is 3.16. The average Bonchev–Trinajstić information content (AvgIpc) is 2.87. The number of amides is 1. The van der Waals surface area contributed by atoms with Crippen LogP contribution in [0.1, 0.15) is 33.2 Å². The zero-order chi connectivity index (χ0) is 16.9. The van der Waals surface area contributed by atoms with Gasteiger partial charge in [0.25, 0.3) is 5.91 Å². The second-order valence-corrected chi connectivity index (χ2v) is 8.16. The van der Waals surface area contributed by atoms with Gasteiger partial charge in [0, 0.05) is 29.0 Å². The molecule has 0 bridgehead atoms. The van der Waals surface area contributed by atoms with Crippen molar-refractivity contribution in [2.45, 2.75) is 23.5 Å². The molecule has 2 aromatic rings. The summed E-state index contributed by atoms with van der Waals surface area (Å²) < 4.78 is 0. The van der Waals surface area contributed by atoms with Gasteiger partial charge in [-0.3, -0.25) is 4.79 Å². The molecule has 4 heteroatoms. The molecule has 1 unspecified atom stereocenters. The van der Waals surface area contributed by atoms with Gasteiger partial charge in [-0.15, -0.1) is 11.8 Å². The molecule has 24 heavy (non-hydrogen) atoms. The summed E-state index contributed by atoms with van der Waals surface area (Å²) in [6, 6.07) is 16.5. The van der Waals surface area contributed by atoms with Crippen molar-refractivity contribution >= 4 is 29.4 Å². The number of hydrogen-bond acceptors (Lipinski definition) is 3. The van der Waals surface area contributed by atoms with Crippen molar-refractivity contribution in [2.24, 2.45) is 0 Å². The van der Waals surface area contributed by atoms with Crippen LogP contribution in [0.25, 0.3) is 0 Å². The van der Waals surface area contributed by atoms with Crippen LogP contribution in [-0.4, -0.2) is 35.9 Å². The van der Waals surface area contributed by atoms with Crippen molar-refractivity contribution in [2.75, 3.05) is 25.1 Å². The van der Waals surface area contributed by atoms with Crippen LogP contribution in [0.15, 0.2) is 53.4 Å². The second-order valence-electron chi connectivity index (χ2n) is 6.00. The molecule has 3 rings (SSSR count).